The smallest absolute Gasteiger partial charge is 0.130 e. The Balaban J connectivity index is 1.75. The molecule has 3 nitrogen and oxygen atoms in total. The monoisotopic (exact) mass is 285 g/mol. The topological polar surface area (TPSA) is 37.8 Å². The van der Waals surface area contributed by atoms with Crippen molar-refractivity contribution in [3.8, 4) is 0 Å². The van der Waals surface area contributed by atoms with Crippen molar-refractivity contribution in [1.29, 1.82) is 0 Å². The third-order valence-corrected chi connectivity index (χ3v) is 5.69. The van der Waals surface area contributed by atoms with Crippen molar-refractivity contribution in [3.63, 3.8) is 0 Å². The summed E-state index contributed by atoms with van der Waals surface area (Å²) in [5.41, 5.74) is 0. The summed E-state index contributed by atoms with van der Waals surface area (Å²) in [6.07, 6.45) is 6.23. The summed E-state index contributed by atoms with van der Waals surface area (Å²) in [5, 5.41) is 15.2. The van der Waals surface area contributed by atoms with Crippen LogP contribution in [0.25, 0.3) is 0 Å². The predicted octanol–water partition coefficient (Wildman–Crippen LogP) is 3.43. The summed E-state index contributed by atoms with van der Waals surface area (Å²) in [5.74, 6) is 1.29. The standard InChI is InChI=1S/C13H23N3S2/c1-10(2)14-8-5-7-12-15-16-13(18-12)11-6-3-4-9-17-11/h10-11,14H,3-9H2,1-2H3. The van der Waals surface area contributed by atoms with E-state index in [4.69, 9.17) is 0 Å². The first-order chi connectivity index (χ1) is 8.75. The van der Waals surface area contributed by atoms with Gasteiger partial charge in [0.1, 0.15) is 10.0 Å². The first-order valence-electron chi connectivity index (χ1n) is 6.93. The molecule has 102 valence electrons. The van der Waals surface area contributed by atoms with E-state index in [9.17, 15) is 0 Å². The fourth-order valence-electron chi connectivity index (χ4n) is 2.06. The van der Waals surface area contributed by atoms with Gasteiger partial charge in [0.15, 0.2) is 0 Å². The third kappa shape index (κ3) is 4.52. The van der Waals surface area contributed by atoms with Gasteiger partial charge in [-0.05, 0) is 31.6 Å². The highest BCUT2D eigenvalue weighted by Crippen LogP contribution is 2.39. The van der Waals surface area contributed by atoms with Crippen LogP contribution >= 0.6 is 23.1 Å². The second-order valence-corrected chi connectivity index (χ2v) is 7.51. The molecule has 0 aromatic carbocycles. The predicted molar refractivity (Wildman–Crippen MR) is 80.4 cm³/mol. The van der Waals surface area contributed by atoms with Gasteiger partial charge in [0.25, 0.3) is 0 Å². The molecule has 0 bridgehead atoms. The largest absolute Gasteiger partial charge is 0.315 e. The number of aromatic nitrogens is 2. The van der Waals surface area contributed by atoms with E-state index >= 15 is 0 Å². The maximum Gasteiger partial charge on any atom is 0.130 e. The Hall–Kier alpha value is -0.130. The Bertz CT molecular complexity index is 346. The molecule has 0 spiro atoms. The molecule has 1 N–H and O–H groups in total. The van der Waals surface area contributed by atoms with Crippen LogP contribution < -0.4 is 5.32 Å². The molecule has 1 atom stereocenters. The minimum Gasteiger partial charge on any atom is -0.315 e. The summed E-state index contributed by atoms with van der Waals surface area (Å²) in [4.78, 5) is 0. The van der Waals surface area contributed by atoms with Crippen LogP contribution in [0.1, 0.15) is 54.8 Å². The Morgan fingerprint density at radius 1 is 1.33 bits per heavy atom. The molecule has 1 aliphatic rings. The van der Waals surface area contributed by atoms with E-state index in [1.807, 2.05) is 11.3 Å². The van der Waals surface area contributed by atoms with E-state index in [0.29, 0.717) is 11.3 Å². The van der Waals surface area contributed by atoms with Crippen LogP contribution in [-0.4, -0.2) is 28.5 Å². The van der Waals surface area contributed by atoms with Crippen LogP contribution in [0, 0.1) is 0 Å². The number of nitrogens with one attached hydrogen (secondary N) is 1. The number of thioether (sulfide) groups is 1. The Kier molecular flexibility index (Phi) is 5.92. The molecule has 5 heteroatoms. The molecule has 0 amide bonds. The number of rotatable bonds is 6. The average Bonchev–Trinajstić information content (AvgIpc) is 2.84. The van der Waals surface area contributed by atoms with Crippen molar-refractivity contribution in [2.45, 2.75) is 57.2 Å². The van der Waals surface area contributed by atoms with Crippen LogP contribution in [0.4, 0.5) is 0 Å². The van der Waals surface area contributed by atoms with Gasteiger partial charge in [-0.25, -0.2) is 0 Å². The van der Waals surface area contributed by atoms with Crippen LogP contribution in [0.2, 0.25) is 0 Å². The Labute approximate surface area is 118 Å². The van der Waals surface area contributed by atoms with E-state index in [2.05, 4.69) is 41.1 Å². The average molecular weight is 285 g/mol. The lowest BCUT2D eigenvalue weighted by Crippen LogP contribution is -2.23. The lowest BCUT2D eigenvalue weighted by atomic mass is 10.2. The van der Waals surface area contributed by atoms with Crippen LogP contribution in [0.3, 0.4) is 0 Å². The van der Waals surface area contributed by atoms with E-state index < -0.39 is 0 Å². The van der Waals surface area contributed by atoms with Crippen molar-refractivity contribution in [3.05, 3.63) is 10.0 Å². The Morgan fingerprint density at radius 3 is 2.94 bits per heavy atom. The van der Waals surface area contributed by atoms with E-state index in [1.165, 1.54) is 35.0 Å². The van der Waals surface area contributed by atoms with Gasteiger partial charge in [-0.3, -0.25) is 0 Å². The summed E-state index contributed by atoms with van der Waals surface area (Å²) in [7, 11) is 0. The zero-order valence-corrected chi connectivity index (χ0v) is 12.9. The zero-order valence-electron chi connectivity index (χ0n) is 11.3. The Morgan fingerprint density at radius 2 is 2.22 bits per heavy atom. The van der Waals surface area contributed by atoms with Gasteiger partial charge in [0.2, 0.25) is 0 Å². The maximum atomic E-state index is 4.38. The molecule has 1 saturated heterocycles. The van der Waals surface area contributed by atoms with Gasteiger partial charge in [-0.2, -0.15) is 11.8 Å². The molecule has 1 aliphatic heterocycles. The van der Waals surface area contributed by atoms with E-state index in [1.54, 1.807) is 0 Å². The molecule has 1 unspecified atom stereocenters. The van der Waals surface area contributed by atoms with Crippen LogP contribution in [0.5, 0.6) is 0 Å². The number of aryl methyl sites for hydroxylation is 1. The first-order valence-corrected chi connectivity index (χ1v) is 8.79. The van der Waals surface area contributed by atoms with Gasteiger partial charge < -0.3 is 5.32 Å². The van der Waals surface area contributed by atoms with Crippen LogP contribution in [0.15, 0.2) is 0 Å². The van der Waals surface area contributed by atoms with Crippen LogP contribution in [-0.2, 0) is 6.42 Å². The number of hydrogen-bond acceptors (Lipinski definition) is 5. The van der Waals surface area contributed by atoms with Crippen molar-refractivity contribution in [1.82, 2.24) is 15.5 Å². The minimum atomic E-state index is 0.577. The van der Waals surface area contributed by atoms with Crippen molar-refractivity contribution >= 4 is 23.1 Å². The fraction of sp³-hybridized carbons (Fsp3) is 0.846. The summed E-state index contributed by atoms with van der Waals surface area (Å²) < 4.78 is 0. The molecular weight excluding hydrogens is 262 g/mol. The maximum absolute atomic E-state index is 4.38. The van der Waals surface area contributed by atoms with Crippen molar-refractivity contribution in [2.75, 3.05) is 12.3 Å². The molecular formula is C13H23N3S2. The highest BCUT2D eigenvalue weighted by Gasteiger charge is 2.19. The SMILES string of the molecule is CC(C)NCCCc1nnc(C2CCCCS2)s1. The van der Waals surface area contributed by atoms with Gasteiger partial charge in [-0.1, -0.05) is 20.3 Å². The van der Waals surface area contributed by atoms with Gasteiger partial charge in [0, 0.05) is 12.5 Å². The lowest BCUT2D eigenvalue weighted by molar-refractivity contribution is 0.569. The molecule has 2 heterocycles. The quantitative estimate of drug-likeness (QED) is 0.813. The molecule has 1 fully saturated rings. The normalized spacial score (nSPS) is 20.5. The summed E-state index contributed by atoms with van der Waals surface area (Å²) in [6.45, 7) is 5.44. The molecule has 0 radical (unpaired) electrons. The molecule has 1 aromatic rings. The van der Waals surface area contributed by atoms with Crippen molar-refractivity contribution in [2.24, 2.45) is 0 Å². The lowest BCUT2D eigenvalue weighted by Gasteiger charge is -2.17. The van der Waals surface area contributed by atoms with Gasteiger partial charge in [0.05, 0.1) is 5.25 Å². The minimum absolute atomic E-state index is 0.577. The third-order valence-electron chi connectivity index (χ3n) is 3.06. The molecule has 18 heavy (non-hydrogen) atoms. The summed E-state index contributed by atoms with van der Waals surface area (Å²) in [6, 6.07) is 0.577. The molecule has 1 aromatic heterocycles. The van der Waals surface area contributed by atoms with Gasteiger partial charge in [-0.15, -0.1) is 21.5 Å². The first kappa shape index (κ1) is 14.3. The van der Waals surface area contributed by atoms with E-state index in [-0.39, 0.29) is 0 Å². The number of nitrogens with zero attached hydrogens (tertiary/aromatic N) is 2. The second-order valence-electron chi connectivity index (χ2n) is 5.10. The molecule has 0 aliphatic carbocycles. The van der Waals surface area contributed by atoms with E-state index in [0.717, 1.165) is 19.4 Å². The molecule has 0 saturated carbocycles. The van der Waals surface area contributed by atoms with Crippen molar-refractivity contribution < 1.29 is 0 Å². The summed E-state index contributed by atoms with van der Waals surface area (Å²) >= 11 is 3.88. The second kappa shape index (κ2) is 7.46. The fourth-order valence-corrected chi connectivity index (χ4v) is 4.49. The zero-order chi connectivity index (χ0) is 12.8. The van der Waals surface area contributed by atoms with Gasteiger partial charge >= 0.3 is 0 Å². The molecule has 2 rings (SSSR count). The number of hydrogen-bond donors (Lipinski definition) is 1. The highest BCUT2D eigenvalue weighted by atomic mass is 32.2. The highest BCUT2D eigenvalue weighted by molar-refractivity contribution is 7.99.